The molecule has 1 atom stereocenters. The SMILES string of the molecule is COC(=O)/C=C/c1cccc(C2N=C(C3(N)CCCC3)NN2)c1. The van der Waals surface area contributed by atoms with Gasteiger partial charge < -0.3 is 15.9 Å². The number of carbonyl (C=O) groups is 1. The van der Waals surface area contributed by atoms with E-state index in [4.69, 9.17) is 10.7 Å². The van der Waals surface area contributed by atoms with Crippen molar-refractivity contribution in [2.24, 2.45) is 10.7 Å². The van der Waals surface area contributed by atoms with Crippen molar-refractivity contribution in [2.45, 2.75) is 37.4 Å². The minimum absolute atomic E-state index is 0.169. The molecule has 6 nitrogen and oxygen atoms in total. The lowest BCUT2D eigenvalue weighted by Crippen LogP contribution is -2.52. The van der Waals surface area contributed by atoms with Crippen LogP contribution in [-0.4, -0.2) is 24.5 Å². The number of benzene rings is 1. The maximum Gasteiger partial charge on any atom is 0.330 e. The molecule has 0 spiro atoms. The Morgan fingerprint density at radius 2 is 2.22 bits per heavy atom. The van der Waals surface area contributed by atoms with E-state index in [0.29, 0.717) is 0 Å². The van der Waals surface area contributed by atoms with Gasteiger partial charge in [0.15, 0.2) is 0 Å². The number of rotatable bonds is 4. The summed E-state index contributed by atoms with van der Waals surface area (Å²) < 4.78 is 4.60. The van der Waals surface area contributed by atoms with E-state index in [1.54, 1.807) is 6.08 Å². The average Bonchev–Trinajstić information content (AvgIpc) is 3.23. The zero-order valence-corrected chi connectivity index (χ0v) is 13.2. The topological polar surface area (TPSA) is 88.7 Å². The number of ether oxygens (including phenoxy) is 1. The molecule has 4 N–H and O–H groups in total. The molecule has 1 heterocycles. The van der Waals surface area contributed by atoms with Crippen LogP contribution in [0.3, 0.4) is 0 Å². The molecule has 122 valence electrons. The Bertz CT molecular complexity index is 648. The molecule has 0 amide bonds. The van der Waals surface area contributed by atoms with E-state index >= 15 is 0 Å². The molecule has 0 radical (unpaired) electrons. The second-order valence-corrected chi connectivity index (χ2v) is 6.04. The van der Waals surface area contributed by atoms with Crippen LogP contribution in [0.5, 0.6) is 0 Å². The Balaban J connectivity index is 1.76. The summed E-state index contributed by atoms with van der Waals surface area (Å²) in [6.45, 7) is 0. The second kappa shape index (κ2) is 6.52. The van der Waals surface area contributed by atoms with Crippen LogP contribution in [0.2, 0.25) is 0 Å². The Hall–Kier alpha value is -2.18. The van der Waals surface area contributed by atoms with E-state index in [9.17, 15) is 4.79 Å². The van der Waals surface area contributed by atoms with Crippen LogP contribution in [0.4, 0.5) is 0 Å². The lowest BCUT2D eigenvalue weighted by atomic mass is 9.98. The van der Waals surface area contributed by atoms with Gasteiger partial charge in [0.1, 0.15) is 12.0 Å². The molecule has 1 aliphatic carbocycles. The predicted octanol–water partition coefficient (Wildman–Crippen LogP) is 1.65. The first kappa shape index (κ1) is 15.7. The zero-order chi connectivity index (χ0) is 16.3. The number of carbonyl (C=O) groups excluding carboxylic acids is 1. The lowest BCUT2D eigenvalue weighted by molar-refractivity contribution is -0.134. The van der Waals surface area contributed by atoms with Gasteiger partial charge in [0.05, 0.1) is 12.6 Å². The fourth-order valence-corrected chi connectivity index (χ4v) is 3.05. The summed E-state index contributed by atoms with van der Waals surface area (Å²) in [5.41, 5.74) is 14.4. The molecule has 23 heavy (non-hydrogen) atoms. The molecule has 1 saturated carbocycles. The highest BCUT2D eigenvalue weighted by molar-refractivity contribution is 5.92. The molecule has 1 aromatic carbocycles. The van der Waals surface area contributed by atoms with Crippen LogP contribution in [-0.2, 0) is 9.53 Å². The van der Waals surface area contributed by atoms with Gasteiger partial charge in [-0.2, -0.15) is 0 Å². The van der Waals surface area contributed by atoms with Gasteiger partial charge in [0.25, 0.3) is 0 Å². The molecule has 3 rings (SSSR count). The largest absolute Gasteiger partial charge is 0.466 e. The smallest absolute Gasteiger partial charge is 0.330 e. The van der Waals surface area contributed by atoms with Gasteiger partial charge in [0.2, 0.25) is 0 Å². The van der Waals surface area contributed by atoms with E-state index in [0.717, 1.165) is 42.6 Å². The van der Waals surface area contributed by atoms with Crippen molar-refractivity contribution in [3.63, 3.8) is 0 Å². The van der Waals surface area contributed by atoms with Crippen molar-refractivity contribution in [3.8, 4) is 0 Å². The summed E-state index contributed by atoms with van der Waals surface area (Å²) in [5, 5.41) is 0. The van der Waals surface area contributed by atoms with E-state index in [-0.39, 0.29) is 17.7 Å². The van der Waals surface area contributed by atoms with Crippen molar-refractivity contribution in [2.75, 3.05) is 7.11 Å². The third-order valence-electron chi connectivity index (χ3n) is 4.39. The number of nitrogens with one attached hydrogen (secondary N) is 2. The number of hydrogen-bond donors (Lipinski definition) is 3. The zero-order valence-electron chi connectivity index (χ0n) is 13.2. The van der Waals surface area contributed by atoms with Crippen LogP contribution >= 0.6 is 0 Å². The fraction of sp³-hybridized carbons (Fsp3) is 0.412. The molecule has 1 aliphatic heterocycles. The first-order chi connectivity index (χ1) is 11.1. The van der Waals surface area contributed by atoms with Gasteiger partial charge in [-0.05, 0) is 36.1 Å². The normalized spacial score (nSPS) is 22.9. The molecule has 1 aromatic rings. The summed E-state index contributed by atoms with van der Waals surface area (Å²) in [6, 6.07) is 7.86. The van der Waals surface area contributed by atoms with E-state index in [2.05, 4.69) is 15.6 Å². The molecule has 1 unspecified atom stereocenters. The van der Waals surface area contributed by atoms with Crippen molar-refractivity contribution in [3.05, 3.63) is 41.5 Å². The number of hydrazine groups is 1. The van der Waals surface area contributed by atoms with E-state index in [1.165, 1.54) is 13.2 Å². The van der Waals surface area contributed by atoms with Crippen LogP contribution in [0.15, 0.2) is 35.3 Å². The van der Waals surface area contributed by atoms with Crippen molar-refractivity contribution >= 4 is 17.9 Å². The van der Waals surface area contributed by atoms with Crippen LogP contribution in [0.1, 0.15) is 43.0 Å². The van der Waals surface area contributed by atoms with Crippen LogP contribution < -0.4 is 16.6 Å². The number of aliphatic imine (C=N–C) groups is 1. The number of nitrogens with two attached hydrogens (primary N) is 1. The Labute approximate surface area is 135 Å². The van der Waals surface area contributed by atoms with Crippen molar-refractivity contribution in [1.29, 1.82) is 0 Å². The van der Waals surface area contributed by atoms with Gasteiger partial charge >= 0.3 is 5.97 Å². The molecule has 0 bridgehead atoms. The standard InChI is InChI=1S/C17H22N4O2/c1-23-14(22)8-7-12-5-4-6-13(11-12)15-19-16(21-20-15)17(18)9-2-3-10-17/h4-8,11,15,20H,2-3,9-10,18H2,1H3,(H,19,21)/b8-7+. The Kier molecular flexibility index (Phi) is 4.45. The first-order valence-corrected chi connectivity index (χ1v) is 7.85. The third kappa shape index (κ3) is 3.43. The summed E-state index contributed by atoms with van der Waals surface area (Å²) >= 11 is 0. The van der Waals surface area contributed by atoms with Gasteiger partial charge in [-0.15, -0.1) is 0 Å². The molecule has 6 heteroatoms. The minimum atomic E-state index is -0.373. The maximum atomic E-state index is 11.2. The fourth-order valence-electron chi connectivity index (χ4n) is 3.05. The molecule has 0 saturated heterocycles. The van der Waals surface area contributed by atoms with Gasteiger partial charge in [-0.3, -0.25) is 0 Å². The summed E-state index contributed by atoms with van der Waals surface area (Å²) in [6.07, 6.45) is 7.19. The van der Waals surface area contributed by atoms with Crippen LogP contribution in [0.25, 0.3) is 6.08 Å². The summed E-state index contributed by atoms with van der Waals surface area (Å²) in [7, 11) is 1.36. The highest BCUT2D eigenvalue weighted by Gasteiger charge is 2.37. The quantitative estimate of drug-likeness (QED) is 0.581. The van der Waals surface area contributed by atoms with E-state index in [1.807, 2.05) is 24.3 Å². The average molecular weight is 314 g/mol. The number of nitrogens with zero attached hydrogens (tertiary/aromatic N) is 1. The van der Waals surface area contributed by atoms with Crippen molar-refractivity contribution in [1.82, 2.24) is 10.9 Å². The van der Waals surface area contributed by atoms with Gasteiger partial charge in [0, 0.05) is 6.08 Å². The Morgan fingerprint density at radius 3 is 2.96 bits per heavy atom. The number of esters is 1. The molecule has 0 aromatic heterocycles. The predicted molar refractivity (Wildman–Crippen MR) is 89.3 cm³/mol. The second-order valence-electron chi connectivity index (χ2n) is 6.04. The first-order valence-electron chi connectivity index (χ1n) is 7.85. The number of hydrogen-bond acceptors (Lipinski definition) is 6. The third-order valence-corrected chi connectivity index (χ3v) is 4.39. The molecule has 1 fully saturated rings. The van der Waals surface area contributed by atoms with Gasteiger partial charge in [-0.25, -0.2) is 15.2 Å². The monoisotopic (exact) mass is 314 g/mol. The van der Waals surface area contributed by atoms with E-state index < -0.39 is 0 Å². The summed E-state index contributed by atoms with van der Waals surface area (Å²) in [4.78, 5) is 15.9. The highest BCUT2D eigenvalue weighted by Crippen LogP contribution is 2.30. The molecule has 2 aliphatic rings. The molecular formula is C17H22N4O2. The number of amidine groups is 1. The highest BCUT2D eigenvalue weighted by atomic mass is 16.5. The van der Waals surface area contributed by atoms with Crippen LogP contribution in [0, 0.1) is 0 Å². The lowest BCUT2D eigenvalue weighted by Gasteiger charge is -2.22. The molecular weight excluding hydrogens is 292 g/mol. The van der Waals surface area contributed by atoms with Crippen molar-refractivity contribution < 1.29 is 9.53 Å². The summed E-state index contributed by atoms with van der Waals surface area (Å²) in [5.74, 6) is 0.471. The minimum Gasteiger partial charge on any atom is -0.466 e. The number of methoxy groups -OCH3 is 1. The van der Waals surface area contributed by atoms with Gasteiger partial charge in [-0.1, -0.05) is 31.0 Å². The Morgan fingerprint density at radius 1 is 1.43 bits per heavy atom. The maximum absolute atomic E-state index is 11.2.